The third kappa shape index (κ3) is 1.68. The van der Waals surface area contributed by atoms with Crippen LogP contribution >= 0.6 is 0 Å². The van der Waals surface area contributed by atoms with Crippen molar-refractivity contribution >= 4 is 27.6 Å². The quantitative estimate of drug-likeness (QED) is 0.614. The molecule has 0 radical (unpaired) electrons. The Morgan fingerprint density at radius 2 is 1.50 bits per heavy atom. The Bertz CT molecular complexity index is 937. The lowest BCUT2D eigenvalue weighted by Gasteiger charge is -2.25. The van der Waals surface area contributed by atoms with Crippen molar-refractivity contribution in [2.45, 2.75) is 26.1 Å². The highest BCUT2D eigenvalue weighted by Gasteiger charge is 2.26. The molecule has 4 rings (SSSR count). The Hall–Kier alpha value is -2.16. The van der Waals surface area contributed by atoms with E-state index < -0.39 is 12.2 Å². The molecule has 0 heterocycles. The predicted octanol–water partition coefficient (Wildman–Crippen LogP) is 4.03. The van der Waals surface area contributed by atoms with Gasteiger partial charge < -0.3 is 10.2 Å². The van der Waals surface area contributed by atoms with Crippen LogP contribution in [0.3, 0.4) is 0 Å². The van der Waals surface area contributed by atoms with E-state index in [-0.39, 0.29) is 0 Å². The van der Waals surface area contributed by atoms with Gasteiger partial charge in [0.05, 0.1) is 0 Å². The van der Waals surface area contributed by atoms with Gasteiger partial charge in [0.15, 0.2) is 0 Å². The molecule has 0 aliphatic heterocycles. The Kier molecular flexibility index (Phi) is 2.86. The zero-order valence-corrected chi connectivity index (χ0v) is 12.7. The van der Waals surface area contributed by atoms with E-state index in [1.807, 2.05) is 18.2 Å². The van der Waals surface area contributed by atoms with Gasteiger partial charge in [-0.15, -0.1) is 0 Å². The molecular formula is C20H18O2. The maximum Gasteiger partial charge on any atom is 0.110 e. The molecule has 0 amide bonds. The third-order valence-electron chi connectivity index (χ3n) is 4.89. The molecule has 2 atom stereocenters. The number of fused-ring (bicyclic) bond motifs is 4. The second-order valence-corrected chi connectivity index (χ2v) is 6.08. The second kappa shape index (κ2) is 4.67. The van der Waals surface area contributed by atoms with E-state index in [9.17, 15) is 10.2 Å². The minimum absolute atomic E-state index is 0.843. The summed E-state index contributed by atoms with van der Waals surface area (Å²) in [4.78, 5) is 0. The molecule has 22 heavy (non-hydrogen) atoms. The Morgan fingerprint density at radius 1 is 0.818 bits per heavy atom. The van der Waals surface area contributed by atoms with Crippen molar-refractivity contribution in [3.8, 4) is 0 Å². The van der Waals surface area contributed by atoms with Crippen molar-refractivity contribution in [2.24, 2.45) is 0 Å². The SMILES string of the molecule is Cc1c2ccccc2c(C)c2c3c(ccc12)C=CC(O)C3O. The van der Waals surface area contributed by atoms with E-state index in [0.717, 1.165) is 27.5 Å². The average Bonchev–Trinajstić information content (AvgIpc) is 2.55. The van der Waals surface area contributed by atoms with E-state index in [0.29, 0.717) is 0 Å². The van der Waals surface area contributed by atoms with E-state index in [1.54, 1.807) is 6.08 Å². The third-order valence-corrected chi connectivity index (χ3v) is 4.89. The van der Waals surface area contributed by atoms with E-state index in [4.69, 9.17) is 0 Å². The van der Waals surface area contributed by atoms with Crippen molar-refractivity contribution in [2.75, 3.05) is 0 Å². The van der Waals surface area contributed by atoms with Crippen LogP contribution in [0.1, 0.15) is 28.4 Å². The number of benzene rings is 3. The van der Waals surface area contributed by atoms with Gasteiger partial charge in [-0.3, -0.25) is 0 Å². The number of hydrogen-bond acceptors (Lipinski definition) is 2. The van der Waals surface area contributed by atoms with Crippen LogP contribution in [0.25, 0.3) is 27.6 Å². The summed E-state index contributed by atoms with van der Waals surface area (Å²) >= 11 is 0. The van der Waals surface area contributed by atoms with Crippen molar-refractivity contribution in [3.63, 3.8) is 0 Å². The topological polar surface area (TPSA) is 40.5 Å². The van der Waals surface area contributed by atoms with Crippen LogP contribution < -0.4 is 0 Å². The van der Waals surface area contributed by atoms with Crippen molar-refractivity contribution in [3.05, 3.63) is 64.7 Å². The molecule has 0 saturated heterocycles. The lowest BCUT2D eigenvalue weighted by Crippen LogP contribution is -2.20. The molecule has 0 spiro atoms. The van der Waals surface area contributed by atoms with Crippen LogP contribution in [0.2, 0.25) is 0 Å². The fourth-order valence-corrected chi connectivity index (χ4v) is 3.71. The Labute approximate surface area is 129 Å². The van der Waals surface area contributed by atoms with Gasteiger partial charge in [-0.1, -0.05) is 48.6 Å². The molecule has 110 valence electrons. The highest BCUT2D eigenvalue weighted by Crippen LogP contribution is 2.40. The molecule has 2 N–H and O–H groups in total. The normalized spacial score (nSPS) is 20.5. The smallest absolute Gasteiger partial charge is 0.110 e. The number of aliphatic hydroxyl groups is 2. The molecule has 0 aromatic heterocycles. The van der Waals surface area contributed by atoms with Gasteiger partial charge in [0.25, 0.3) is 0 Å². The van der Waals surface area contributed by atoms with Gasteiger partial charge in [0.1, 0.15) is 12.2 Å². The first-order valence-electron chi connectivity index (χ1n) is 7.58. The lowest BCUT2D eigenvalue weighted by atomic mass is 9.83. The summed E-state index contributed by atoms with van der Waals surface area (Å²) in [7, 11) is 0. The van der Waals surface area contributed by atoms with Gasteiger partial charge in [-0.2, -0.15) is 0 Å². The van der Waals surface area contributed by atoms with Gasteiger partial charge in [0.2, 0.25) is 0 Å². The van der Waals surface area contributed by atoms with Crippen LogP contribution in [0.15, 0.2) is 42.5 Å². The fraction of sp³-hybridized carbons (Fsp3) is 0.200. The first-order valence-corrected chi connectivity index (χ1v) is 7.58. The molecule has 0 bridgehead atoms. The summed E-state index contributed by atoms with van der Waals surface area (Å²) in [5.41, 5.74) is 4.21. The summed E-state index contributed by atoms with van der Waals surface area (Å²) in [6.07, 6.45) is 1.84. The molecule has 3 aromatic rings. The fourth-order valence-electron chi connectivity index (χ4n) is 3.71. The summed E-state index contributed by atoms with van der Waals surface area (Å²) in [6.45, 7) is 4.22. The number of hydrogen-bond donors (Lipinski definition) is 2. The molecule has 2 unspecified atom stereocenters. The van der Waals surface area contributed by atoms with Crippen LogP contribution in [-0.2, 0) is 0 Å². The molecule has 2 heteroatoms. The van der Waals surface area contributed by atoms with Crippen molar-refractivity contribution in [1.82, 2.24) is 0 Å². The standard InChI is InChI=1S/C20H18O2/c1-11-14-5-3-4-6-15(14)12(2)18-16(11)9-7-13-8-10-17(21)20(22)19(13)18/h3-10,17,20-22H,1-2H3. The second-order valence-electron chi connectivity index (χ2n) is 6.08. The van der Waals surface area contributed by atoms with E-state index in [2.05, 4.69) is 38.1 Å². The molecule has 1 aliphatic rings. The van der Waals surface area contributed by atoms with Gasteiger partial charge in [-0.25, -0.2) is 0 Å². The van der Waals surface area contributed by atoms with Gasteiger partial charge >= 0.3 is 0 Å². The van der Waals surface area contributed by atoms with E-state index >= 15 is 0 Å². The monoisotopic (exact) mass is 290 g/mol. The molecule has 1 aliphatic carbocycles. The molecular weight excluding hydrogens is 272 g/mol. The maximum absolute atomic E-state index is 10.5. The molecule has 3 aromatic carbocycles. The predicted molar refractivity (Wildman–Crippen MR) is 90.9 cm³/mol. The largest absolute Gasteiger partial charge is 0.386 e. The lowest BCUT2D eigenvalue weighted by molar-refractivity contribution is 0.0480. The first kappa shape index (κ1) is 13.5. The average molecular weight is 290 g/mol. The van der Waals surface area contributed by atoms with Gasteiger partial charge in [-0.05, 0) is 57.6 Å². The van der Waals surface area contributed by atoms with Crippen LogP contribution in [0, 0.1) is 13.8 Å². The zero-order chi connectivity index (χ0) is 15.4. The summed E-state index contributed by atoms with van der Waals surface area (Å²) < 4.78 is 0. The van der Waals surface area contributed by atoms with E-state index in [1.165, 1.54) is 16.3 Å². The molecule has 0 fully saturated rings. The summed E-state index contributed by atoms with van der Waals surface area (Å²) in [5.74, 6) is 0. The minimum atomic E-state index is -0.872. The highest BCUT2D eigenvalue weighted by molar-refractivity contribution is 6.07. The van der Waals surface area contributed by atoms with Gasteiger partial charge in [0, 0.05) is 0 Å². The van der Waals surface area contributed by atoms with Crippen molar-refractivity contribution < 1.29 is 10.2 Å². The number of rotatable bonds is 0. The van der Waals surface area contributed by atoms with Crippen LogP contribution in [0.5, 0.6) is 0 Å². The summed E-state index contributed by atoms with van der Waals surface area (Å²) in [5, 5.41) is 25.2. The van der Waals surface area contributed by atoms with Crippen molar-refractivity contribution in [1.29, 1.82) is 0 Å². The number of aliphatic hydroxyl groups excluding tert-OH is 2. The Balaban J connectivity index is 2.25. The number of aryl methyl sites for hydroxylation is 2. The molecule has 0 saturated carbocycles. The highest BCUT2D eigenvalue weighted by atomic mass is 16.3. The summed E-state index contributed by atoms with van der Waals surface area (Å²) in [6, 6.07) is 12.5. The van der Waals surface area contributed by atoms with Crippen LogP contribution in [-0.4, -0.2) is 16.3 Å². The van der Waals surface area contributed by atoms with Crippen LogP contribution in [0.4, 0.5) is 0 Å². The first-order chi connectivity index (χ1) is 10.6. The Morgan fingerprint density at radius 3 is 2.23 bits per heavy atom. The minimum Gasteiger partial charge on any atom is -0.386 e. The maximum atomic E-state index is 10.5. The zero-order valence-electron chi connectivity index (χ0n) is 12.7. The molecule has 2 nitrogen and oxygen atoms in total.